The standard InChI is InChI=1S/C8H16N2/c1-9-5-7-3-4-10(2)8(7)6-9/h7-8H,3-6H2,1-2H3. The number of nitrogens with zero attached hydrogens (tertiary/aromatic N) is 2. The van der Waals surface area contributed by atoms with Gasteiger partial charge in [0.15, 0.2) is 0 Å². The molecule has 2 aliphatic rings. The van der Waals surface area contributed by atoms with Gasteiger partial charge in [0.1, 0.15) is 0 Å². The van der Waals surface area contributed by atoms with E-state index in [9.17, 15) is 0 Å². The average molecular weight is 140 g/mol. The molecule has 0 aromatic heterocycles. The van der Waals surface area contributed by atoms with Crippen LogP contribution in [0, 0.1) is 5.92 Å². The minimum atomic E-state index is 0.880. The first-order chi connectivity index (χ1) is 4.77. The molecule has 0 aromatic rings. The number of rotatable bonds is 0. The average Bonchev–Trinajstić information content (AvgIpc) is 2.35. The summed E-state index contributed by atoms with van der Waals surface area (Å²) in [5.74, 6) is 0.981. The summed E-state index contributed by atoms with van der Waals surface area (Å²) in [5, 5.41) is 0. The fraction of sp³-hybridized carbons (Fsp3) is 1.00. The Labute approximate surface area is 62.8 Å². The quantitative estimate of drug-likeness (QED) is 0.476. The lowest BCUT2D eigenvalue weighted by atomic mass is 10.1. The van der Waals surface area contributed by atoms with Gasteiger partial charge in [-0.15, -0.1) is 0 Å². The Morgan fingerprint density at radius 3 is 2.70 bits per heavy atom. The first-order valence-electron chi connectivity index (χ1n) is 4.16. The minimum Gasteiger partial charge on any atom is -0.304 e. The number of hydrogen-bond acceptors (Lipinski definition) is 2. The zero-order chi connectivity index (χ0) is 7.14. The van der Waals surface area contributed by atoms with Crippen LogP contribution in [-0.4, -0.2) is 49.6 Å². The molecule has 0 aliphatic carbocycles. The molecule has 2 rings (SSSR count). The van der Waals surface area contributed by atoms with Crippen LogP contribution in [0.3, 0.4) is 0 Å². The summed E-state index contributed by atoms with van der Waals surface area (Å²) in [7, 11) is 4.48. The van der Waals surface area contributed by atoms with Crippen LogP contribution in [0.1, 0.15) is 6.42 Å². The highest BCUT2D eigenvalue weighted by molar-refractivity contribution is 4.93. The predicted molar refractivity (Wildman–Crippen MR) is 42.0 cm³/mol. The van der Waals surface area contributed by atoms with E-state index in [4.69, 9.17) is 0 Å². The first-order valence-corrected chi connectivity index (χ1v) is 4.16. The van der Waals surface area contributed by atoms with Gasteiger partial charge in [-0.05, 0) is 33.0 Å². The Bertz CT molecular complexity index is 135. The van der Waals surface area contributed by atoms with Gasteiger partial charge in [-0.3, -0.25) is 0 Å². The van der Waals surface area contributed by atoms with Crippen LogP contribution < -0.4 is 0 Å². The third kappa shape index (κ3) is 0.867. The molecule has 2 heterocycles. The summed E-state index contributed by atoms with van der Waals surface area (Å²) in [6.07, 6.45) is 1.42. The maximum absolute atomic E-state index is 2.51. The highest BCUT2D eigenvalue weighted by Gasteiger charge is 2.37. The molecule has 2 atom stereocenters. The lowest BCUT2D eigenvalue weighted by molar-refractivity contribution is 0.282. The normalized spacial score (nSPS) is 42.6. The zero-order valence-corrected chi connectivity index (χ0v) is 6.88. The molecule has 0 spiro atoms. The van der Waals surface area contributed by atoms with Gasteiger partial charge in [-0.1, -0.05) is 0 Å². The van der Waals surface area contributed by atoms with Gasteiger partial charge in [-0.25, -0.2) is 0 Å². The fourth-order valence-corrected chi connectivity index (χ4v) is 2.38. The molecule has 0 amide bonds. The molecular weight excluding hydrogens is 124 g/mol. The summed E-state index contributed by atoms with van der Waals surface area (Å²) in [5.41, 5.74) is 0. The summed E-state index contributed by atoms with van der Waals surface area (Å²) in [6, 6.07) is 0.880. The molecule has 2 aliphatic heterocycles. The number of likely N-dealkylation sites (tertiary alicyclic amines) is 2. The van der Waals surface area contributed by atoms with E-state index < -0.39 is 0 Å². The van der Waals surface area contributed by atoms with Crippen LogP contribution in [-0.2, 0) is 0 Å². The Hall–Kier alpha value is -0.0800. The van der Waals surface area contributed by atoms with E-state index in [1.165, 1.54) is 26.1 Å². The highest BCUT2D eigenvalue weighted by atomic mass is 15.3. The van der Waals surface area contributed by atoms with Crippen molar-refractivity contribution < 1.29 is 0 Å². The van der Waals surface area contributed by atoms with Crippen molar-refractivity contribution in [1.82, 2.24) is 9.80 Å². The Kier molecular flexibility index (Phi) is 1.46. The monoisotopic (exact) mass is 140 g/mol. The third-order valence-corrected chi connectivity index (χ3v) is 3.01. The fourth-order valence-electron chi connectivity index (χ4n) is 2.38. The molecule has 2 heteroatoms. The second-order valence-corrected chi connectivity index (χ2v) is 3.82. The molecule has 2 nitrogen and oxygen atoms in total. The number of likely N-dealkylation sites (N-methyl/N-ethyl adjacent to an activating group) is 2. The van der Waals surface area contributed by atoms with Crippen molar-refractivity contribution in [2.45, 2.75) is 12.5 Å². The van der Waals surface area contributed by atoms with Crippen molar-refractivity contribution in [2.24, 2.45) is 5.92 Å². The molecule has 0 bridgehead atoms. The lowest BCUT2D eigenvalue weighted by Gasteiger charge is -2.17. The van der Waals surface area contributed by atoms with E-state index in [0.29, 0.717) is 0 Å². The zero-order valence-electron chi connectivity index (χ0n) is 6.88. The van der Waals surface area contributed by atoms with Crippen molar-refractivity contribution in [2.75, 3.05) is 33.7 Å². The highest BCUT2D eigenvalue weighted by Crippen LogP contribution is 2.28. The second kappa shape index (κ2) is 2.21. The van der Waals surface area contributed by atoms with E-state index in [0.717, 1.165) is 12.0 Å². The van der Waals surface area contributed by atoms with E-state index in [1.54, 1.807) is 0 Å². The molecule has 2 saturated heterocycles. The molecule has 0 N–H and O–H groups in total. The lowest BCUT2D eigenvalue weighted by Crippen LogP contribution is -2.30. The maximum atomic E-state index is 2.51. The van der Waals surface area contributed by atoms with Gasteiger partial charge in [0, 0.05) is 19.1 Å². The van der Waals surface area contributed by atoms with Crippen LogP contribution in [0.15, 0.2) is 0 Å². The number of hydrogen-bond donors (Lipinski definition) is 0. The smallest absolute Gasteiger partial charge is 0.0260 e. The van der Waals surface area contributed by atoms with Crippen molar-refractivity contribution in [1.29, 1.82) is 0 Å². The van der Waals surface area contributed by atoms with Gasteiger partial charge >= 0.3 is 0 Å². The topological polar surface area (TPSA) is 6.48 Å². The van der Waals surface area contributed by atoms with Crippen LogP contribution >= 0.6 is 0 Å². The van der Waals surface area contributed by atoms with Crippen LogP contribution in [0.2, 0.25) is 0 Å². The van der Waals surface area contributed by atoms with Crippen molar-refractivity contribution >= 4 is 0 Å². The van der Waals surface area contributed by atoms with E-state index in [1.807, 2.05) is 0 Å². The van der Waals surface area contributed by atoms with Crippen molar-refractivity contribution in [3.63, 3.8) is 0 Å². The maximum Gasteiger partial charge on any atom is 0.0260 e. The Morgan fingerprint density at radius 1 is 1.20 bits per heavy atom. The summed E-state index contributed by atoms with van der Waals surface area (Å²) >= 11 is 0. The van der Waals surface area contributed by atoms with E-state index >= 15 is 0 Å². The largest absolute Gasteiger partial charge is 0.304 e. The third-order valence-electron chi connectivity index (χ3n) is 3.01. The summed E-state index contributed by atoms with van der Waals surface area (Å²) < 4.78 is 0. The van der Waals surface area contributed by atoms with Gasteiger partial charge < -0.3 is 9.80 Å². The molecule has 0 aromatic carbocycles. The summed E-state index contributed by atoms with van der Waals surface area (Å²) in [4.78, 5) is 4.96. The second-order valence-electron chi connectivity index (χ2n) is 3.82. The minimum absolute atomic E-state index is 0.880. The van der Waals surface area contributed by atoms with Gasteiger partial charge in [0.25, 0.3) is 0 Å². The van der Waals surface area contributed by atoms with E-state index in [2.05, 4.69) is 23.9 Å². The molecule has 58 valence electrons. The predicted octanol–water partition coefficient (Wildman–Crippen LogP) is 0.252. The Balaban J connectivity index is 2.05. The summed E-state index contributed by atoms with van der Waals surface area (Å²) in [6.45, 7) is 3.94. The van der Waals surface area contributed by atoms with Crippen molar-refractivity contribution in [3.05, 3.63) is 0 Å². The van der Waals surface area contributed by atoms with Crippen molar-refractivity contribution in [3.8, 4) is 0 Å². The molecule has 0 saturated carbocycles. The van der Waals surface area contributed by atoms with Gasteiger partial charge in [0.2, 0.25) is 0 Å². The molecule has 2 fully saturated rings. The first kappa shape index (κ1) is 6.62. The molecular formula is C8H16N2. The molecule has 10 heavy (non-hydrogen) atoms. The molecule has 2 unspecified atom stereocenters. The molecule has 0 radical (unpaired) electrons. The van der Waals surface area contributed by atoms with E-state index in [-0.39, 0.29) is 0 Å². The Morgan fingerprint density at radius 2 is 2.00 bits per heavy atom. The van der Waals surface area contributed by atoms with Gasteiger partial charge in [-0.2, -0.15) is 0 Å². The van der Waals surface area contributed by atoms with Crippen LogP contribution in [0.5, 0.6) is 0 Å². The van der Waals surface area contributed by atoms with Crippen LogP contribution in [0.4, 0.5) is 0 Å². The SMILES string of the molecule is CN1CC2CCN(C)C2C1. The van der Waals surface area contributed by atoms with Gasteiger partial charge in [0.05, 0.1) is 0 Å². The number of fused-ring (bicyclic) bond motifs is 1. The van der Waals surface area contributed by atoms with Crippen LogP contribution in [0.25, 0.3) is 0 Å².